The number of fused-ring (bicyclic) bond motifs is 1. The van der Waals surface area contributed by atoms with Gasteiger partial charge in [0.1, 0.15) is 5.82 Å². The minimum Gasteiger partial charge on any atom is -0.328 e. The van der Waals surface area contributed by atoms with Crippen LogP contribution < -0.4 is 5.56 Å². The first-order valence-electron chi connectivity index (χ1n) is 14.7. The van der Waals surface area contributed by atoms with Crippen LogP contribution in [0.2, 0.25) is 0 Å². The molecule has 40 heavy (non-hydrogen) atoms. The van der Waals surface area contributed by atoms with E-state index in [1.807, 2.05) is 53.4 Å². The normalized spacial score (nSPS) is 12.4. The van der Waals surface area contributed by atoms with Crippen molar-refractivity contribution in [3.8, 4) is 5.69 Å². The van der Waals surface area contributed by atoms with Crippen molar-refractivity contribution in [2.75, 3.05) is 6.54 Å². The lowest BCUT2D eigenvalue weighted by Gasteiger charge is -2.33. The lowest BCUT2D eigenvalue weighted by molar-refractivity contribution is 0.0655. The van der Waals surface area contributed by atoms with Gasteiger partial charge >= 0.3 is 0 Å². The summed E-state index contributed by atoms with van der Waals surface area (Å²) >= 11 is 0. The first-order valence-corrected chi connectivity index (χ1v) is 14.7. The van der Waals surface area contributed by atoms with Gasteiger partial charge in [-0.05, 0) is 72.2 Å². The molecule has 1 unspecified atom stereocenters. The summed E-state index contributed by atoms with van der Waals surface area (Å²) in [6, 6.07) is 23.2. The van der Waals surface area contributed by atoms with Gasteiger partial charge in [-0.15, -0.1) is 0 Å². The Kier molecular flexibility index (Phi) is 9.24. The topological polar surface area (TPSA) is 55.2 Å². The zero-order chi connectivity index (χ0) is 28.9. The van der Waals surface area contributed by atoms with E-state index >= 15 is 0 Å². The minimum absolute atomic E-state index is 0.00670. The Bertz CT molecular complexity index is 1500. The maximum atomic E-state index is 14.2. The molecule has 5 nitrogen and oxygen atoms in total. The van der Waals surface area contributed by atoms with Gasteiger partial charge in [-0.3, -0.25) is 14.2 Å². The van der Waals surface area contributed by atoms with Gasteiger partial charge in [-0.25, -0.2) is 4.98 Å². The fraction of sp³-hybridized carbons (Fsp3) is 0.400. The summed E-state index contributed by atoms with van der Waals surface area (Å²) in [6.07, 6.45) is 4.53. The molecule has 3 aromatic carbocycles. The highest BCUT2D eigenvalue weighted by atomic mass is 16.2. The summed E-state index contributed by atoms with van der Waals surface area (Å²) in [4.78, 5) is 35.2. The highest BCUT2D eigenvalue weighted by Gasteiger charge is 2.30. The van der Waals surface area contributed by atoms with Crippen LogP contribution in [-0.4, -0.2) is 26.9 Å². The average molecular weight is 538 g/mol. The molecule has 0 aliphatic rings. The number of aryl methyl sites for hydroxylation is 1. The number of para-hydroxylation sites is 1. The number of carbonyl (C=O) groups excluding carboxylic acids is 1. The average Bonchev–Trinajstić information content (AvgIpc) is 2.96. The van der Waals surface area contributed by atoms with Gasteiger partial charge in [-0.2, -0.15) is 0 Å². The van der Waals surface area contributed by atoms with E-state index in [1.54, 1.807) is 4.57 Å². The molecule has 0 spiro atoms. The van der Waals surface area contributed by atoms with Gasteiger partial charge in [-0.1, -0.05) is 90.8 Å². The van der Waals surface area contributed by atoms with E-state index in [4.69, 9.17) is 4.98 Å². The number of benzene rings is 3. The highest BCUT2D eigenvalue weighted by Crippen LogP contribution is 2.29. The van der Waals surface area contributed by atoms with Crippen molar-refractivity contribution in [3.05, 3.63) is 106 Å². The quantitative estimate of drug-likeness (QED) is 0.192. The number of aromatic nitrogens is 2. The minimum atomic E-state index is -0.366. The molecule has 1 aromatic heterocycles. The largest absolute Gasteiger partial charge is 0.328 e. The van der Waals surface area contributed by atoms with Crippen LogP contribution in [0.3, 0.4) is 0 Å². The summed E-state index contributed by atoms with van der Waals surface area (Å²) in [6.45, 7) is 13.5. The number of unbranched alkanes of at least 4 members (excludes halogenated alkanes) is 2. The van der Waals surface area contributed by atoms with Crippen LogP contribution in [0.25, 0.3) is 16.6 Å². The molecule has 0 saturated carbocycles. The second-order valence-corrected chi connectivity index (χ2v) is 11.6. The maximum absolute atomic E-state index is 14.2. The van der Waals surface area contributed by atoms with Crippen molar-refractivity contribution in [3.63, 3.8) is 0 Å². The van der Waals surface area contributed by atoms with Crippen molar-refractivity contribution < 1.29 is 4.79 Å². The Hall–Kier alpha value is -3.73. The van der Waals surface area contributed by atoms with Crippen molar-refractivity contribution >= 4 is 16.8 Å². The Balaban J connectivity index is 1.87. The lowest BCUT2D eigenvalue weighted by Crippen LogP contribution is -2.39. The zero-order valence-electron chi connectivity index (χ0n) is 24.9. The van der Waals surface area contributed by atoms with Crippen molar-refractivity contribution in [1.29, 1.82) is 0 Å². The third-order valence-electron chi connectivity index (χ3n) is 7.73. The molecule has 1 amide bonds. The fourth-order valence-electron chi connectivity index (χ4n) is 5.26. The van der Waals surface area contributed by atoms with Crippen LogP contribution in [0.1, 0.15) is 101 Å². The van der Waals surface area contributed by atoms with Crippen LogP contribution in [0.15, 0.2) is 77.6 Å². The van der Waals surface area contributed by atoms with E-state index in [9.17, 15) is 9.59 Å². The maximum Gasteiger partial charge on any atom is 0.266 e. The molecule has 1 atom stereocenters. The Morgan fingerprint density at radius 1 is 0.900 bits per heavy atom. The molecule has 0 bridgehead atoms. The van der Waals surface area contributed by atoms with Crippen LogP contribution in [0.4, 0.5) is 0 Å². The molecule has 1 heterocycles. The predicted molar refractivity (Wildman–Crippen MR) is 165 cm³/mol. The smallest absolute Gasteiger partial charge is 0.266 e. The molecule has 4 rings (SSSR count). The molecule has 5 heteroatoms. The van der Waals surface area contributed by atoms with Crippen molar-refractivity contribution in [1.82, 2.24) is 14.5 Å². The standard InChI is InChI=1S/C35H43N3O2/c1-7-10-13-24-37(33(39)26-18-20-27(21-19-26)35(4,5)6)31(9-3)32-36-30-15-12-11-14-29(30)34(40)38(32)28-22-16-25(8-2)17-23-28/h11-12,14-23,31H,7-10,13,24H2,1-6H3. The molecule has 0 aliphatic heterocycles. The molecule has 0 radical (unpaired) electrons. The van der Waals surface area contributed by atoms with Crippen LogP contribution in [0, 0.1) is 0 Å². The summed E-state index contributed by atoms with van der Waals surface area (Å²) < 4.78 is 1.72. The van der Waals surface area contributed by atoms with E-state index < -0.39 is 0 Å². The second kappa shape index (κ2) is 12.6. The first kappa shape index (κ1) is 29.3. The van der Waals surface area contributed by atoms with Gasteiger partial charge in [0.15, 0.2) is 0 Å². The molecule has 0 saturated heterocycles. The second-order valence-electron chi connectivity index (χ2n) is 11.6. The van der Waals surface area contributed by atoms with E-state index in [2.05, 4.69) is 65.8 Å². The molecular weight excluding hydrogens is 494 g/mol. The molecular formula is C35H43N3O2. The van der Waals surface area contributed by atoms with Crippen molar-refractivity contribution in [2.45, 2.75) is 85.1 Å². The zero-order valence-corrected chi connectivity index (χ0v) is 24.9. The van der Waals surface area contributed by atoms with Gasteiger partial charge in [0.2, 0.25) is 0 Å². The van der Waals surface area contributed by atoms with Crippen LogP contribution >= 0.6 is 0 Å². The third kappa shape index (κ3) is 6.19. The summed E-state index contributed by atoms with van der Waals surface area (Å²) in [5.41, 5.74) is 4.36. The predicted octanol–water partition coefficient (Wildman–Crippen LogP) is 8.03. The van der Waals surface area contributed by atoms with E-state index in [-0.39, 0.29) is 22.9 Å². The SMILES string of the molecule is CCCCCN(C(=O)c1ccc(C(C)(C)C)cc1)C(CC)c1nc2ccccc2c(=O)n1-c1ccc(CC)cc1. The van der Waals surface area contributed by atoms with Crippen LogP contribution in [0.5, 0.6) is 0 Å². The number of hydrogen-bond donors (Lipinski definition) is 0. The van der Waals surface area contributed by atoms with Gasteiger partial charge in [0.25, 0.3) is 11.5 Å². The Labute approximate surface area is 238 Å². The Morgan fingerprint density at radius 3 is 2.17 bits per heavy atom. The van der Waals surface area contributed by atoms with Gasteiger partial charge < -0.3 is 4.90 Å². The fourth-order valence-corrected chi connectivity index (χ4v) is 5.26. The lowest BCUT2D eigenvalue weighted by atomic mass is 9.86. The molecule has 0 N–H and O–H groups in total. The van der Waals surface area contributed by atoms with E-state index in [0.717, 1.165) is 31.4 Å². The third-order valence-corrected chi connectivity index (χ3v) is 7.73. The number of rotatable bonds is 10. The molecule has 0 fully saturated rings. The summed E-state index contributed by atoms with van der Waals surface area (Å²) in [7, 11) is 0. The molecule has 0 aliphatic carbocycles. The number of carbonyl (C=O) groups is 1. The Morgan fingerprint density at radius 2 is 1.57 bits per heavy atom. The highest BCUT2D eigenvalue weighted by molar-refractivity contribution is 5.94. The van der Waals surface area contributed by atoms with Gasteiger partial charge in [0, 0.05) is 12.1 Å². The van der Waals surface area contributed by atoms with Crippen molar-refractivity contribution in [2.24, 2.45) is 0 Å². The van der Waals surface area contributed by atoms with E-state index in [0.29, 0.717) is 35.3 Å². The van der Waals surface area contributed by atoms with E-state index in [1.165, 1.54) is 11.1 Å². The molecule has 4 aromatic rings. The van der Waals surface area contributed by atoms with Gasteiger partial charge in [0.05, 0.1) is 22.6 Å². The van der Waals surface area contributed by atoms with Crippen LogP contribution in [-0.2, 0) is 11.8 Å². The number of amides is 1. The summed E-state index contributed by atoms with van der Waals surface area (Å²) in [5.74, 6) is 0.574. The number of nitrogens with zero attached hydrogens (tertiary/aromatic N) is 3. The number of hydrogen-bond acceptors (Lipinski definition) is 3. The molecule has 210 valence electrons. The summed E-state index contributed by atoms with van der Waals surface area (Å²) in [5, 5.41) is 0.572. The monoisotopic (exact) mass is 537 g/mol. The first-order chi connectivity index (χ1) is 19.2.